The smallest absolute Gasteiger partial charge is 0.226 e. The van der Waals surface area contributed by atoms with Crippen molar-refractivity contribution in [2.24, 2.45) is 0 Å². The molecule has 0 atom stereocenters. The monoisotopic (exact) mass is 300 g/mol. The van der Waals surface area contributed by atoms with Crippen LogP contribution in [0.1, 0.15) is 19.3 Å². The van der Waals surface area contributed by atoms with Gasteiger partial charge in [0.2, 0.25) is 5.91 Å². The molecule has 20 heavy (non-hydrogen) atoms. The van der Waals surface area contributed by atoms with Crippen molar-refractivity contribution in [2.75, 3.05) is 25.0 Å². The van der Waals surface area contributed by atoms with Gasteiger partial charge in [-0.2, -0.15) is 0 Å². The molecular formula is C14H18ClFN2O2. The molecule has 0 unspecified atom stereocenters. The standard InChI is InChI=1S/C14H18ClFN2O2/c15-10-1-2-13(12(16)9-10)18-14(19)5-8-20-11-3-6-17-7-4-11/h1-2,9,11,17H,3-8H2,(H,18,19). The third-order valence-corrected chi connectivity index (χ3v) is 3.41. The molecule has 0 aliphatic carbocycles. The van der Waals surface area contributed by atoms with E-state index in [4.69, 9.17) is 16.3 Å². The third kappa shape index (κ3) is 4.74. The van der Waals surface area contributed by atoms with Crippen molar-refractivity contribution in [3.05, 3.63) is 29.0 Å². The molecular weight excluding hydrogens is 283 g/mol. The summed E-state index contributed by atoms with van der Waals surface area (Å²) in [7, 11) is 0. The minimum atomic E-state index is -0.537. The van der Waals surface area contributed by atoms with Gasteiger partial charge >= 0.3 is 0 Å². The normalized spacial score (nSPS) is 16.1. The van der Waals surface area contributed by atoms with E-state index in [1.807, 2.05) is 0 Å². The Hall–Kier alpha value is -1.17. The van der Waals surface area contributed by atoms with Crippen molar-refractivity contribution in [1.29, 1.82) is 0 Å². The van der Waals surface area contributed by atoms with Crippen molar-refractivity contribution in [3.8, 4) is 0 Å². The zero-order valence-electron chi connectivity index (χ0n) is 11.1. The Morgan fingerprint density at radius 2 is 2.20 bits per heavy atom. The van der Waals surface area contributed by atoms with Gasteiger partial charge < -0.3 is 15.4 Å². The molecule has 1 aliphatic rings. The lowest BCUT2D eigenvalue weighted by Crippen LogP contribution is -2.33. The minimum absolute atomic E-state index is 0.140. The Labute approximate surface area is 122 Å². The summed E-state index contributed by atoms with van der Waals surface area (Å²) in [5.41, 5.74) is 0.140. The number of ether oxygens (including phenoxy) is 1. The van der Waals surface area contributed by atoms with E-state index in [0.717, 1.165) is 25.9 Å². The summed E-state index contributed by atoms with van der Waals surface area (Å²) in [4.78, 5) is 11.7. The number of hydrogen-bond donors (Lipinski definition) is 2. The molecule has 0 spiro atoms. The van der Waals surface area contributed by atoms with Gasteiger partial charge in [0.25, 0.3) is 0 Å². The SMILES string of the molecule is O=C(CCOC1CCNCC1)Nc1ccc(Cl)cc1F. The highest BCUT2D eigenvalue weighted by Gasteiger charge is 2.14. The molecule has 4 nitrogen and oxygen atoms in total. The number of piperidine rings is 1. The topological polar surface area (TPSA) is 50.4 Å². The molecule has 2 rings (SSSR count). The summed E-state index contributed by atoms with van der Waals surface area (Å²) in [6, 6.07) is 4.15. The minimum Gasteiger partial charge on any atom is -0.378 e. The molecule has 1 heterocycles. The summed E-state index contributed by atoms with van der Waals surface area (Å²) in [5.74, 6) is -0.801. The largest absolute Gasteiger partial charge is 0.378 e. The number of halogens is 2. The fourth-order valence-corrected chi connectivity index (χ4v) is 2.24. The number of anilines is 1. The van der Waals surface area contributed by atoms with Crippen LogP contribution in [0.15, 0.2) is 18.2 Å². The summed E-state index contributed by atoms with van der Waals surface area (Å²) < 4.78 is 19.1. The van der Waals surface area contributed by atoms with Crippen LogP contribution in [0.2, 0.25) is 5.02 Å². The van der Waals surface area contributed by atoms with Gasteiger partial charge in [-0.05, 0) is 44.1 Å². The van der Waals surface area contributed by atoms with E-state index in [1.54, 1.807) is 0 Å². The third-order valence-electron chi connectivity index (χ3n) is 3.17. The molecule has 1 fully saturated rings. The van der Waals surface area contributed by atoms with E-state index in [9.17, 15) is 9.18 Å². The second-order valence-electron chi connectivity index (χ2n) is 4.74. The predicted molar refractivity (Wildman–Crippen MR) is 76.5 cm³/mol. The van der Waals surface area contributed by atoms with Gasteiger partial charge in [-0.3, -0.25) is 4.79 Å². The molecule has 1 amide bonds. The highest BCUT2D eigenvalue weighted by molar-refractivity contribution is 6.30. The van der Waals surface area contributed by atoms with Crippen LogP contribution >= 0.6 is 11.6 Å². The van der Waals surface area contributed by atoms with Gasteiger partial charge in [-0.1, -0.05) is 11.6 Å². The lowest BCUT2D eigenvalue weighted by Gasteiger charge is -2.22. The predicted octanol–water partition coefficient (Wildman–Crippen LogP) is 2.58. The Bertz CT molecular complexity index is 464. The number of rotatable bonds is 5. The first kappa shape index (κ1) is 15.2. The van der Waals surface area contributed by atoms with Crippen LogP contribution < -0.4 is 10.6 Å². The molecule has 110 valence electrons. The van der Waals surface area contributed by atoms with Crippen molar-refractivity contribution in [3.63, 3.8) is 0 Å². The van der Waals surface area contributed by atoms with Crippen LogP contribution in [0, 0.1) is 5.82 Å². The molecule has 1 aromatic rings. The fourth-order valence-electron chi connectivity index (χ4n) is 2.08. The first-order valence-corrected chi connectivity index (χ1v) is 7.10. The summed E-state index contributed by atoms with van der Waals surface area (Å²) in [6.07, 6.45) is 2.36. The Kier molecular flexibility index (Phi) is 5.76. The second kappa shape index (κ2) is 7.57. The zero-order chi connectivity index (χ0) is 14.4. The van der Waals surface area contributed by atoms with Crippen molar-refractivity contribution < 1.29 is 13.9 Å². The summed E-state index contributed by atoms with van der Waals surface area (Å²) in [5, 5.41) is 6.06. The zero-order valence-corrected chi connectivity index (χ0v) is 11.9. The molecule has 0 radical (unpaired) electrons. The first-order chi connectivity index (χ1) is 9.65. The average molecular weight is 301 g/mol. The maximum atomic E-state index is 13.5. The maximum absolute atomic E-state index is 13.5. The summed E-state index contributed by atoms with van der Waals surface area (Å²) in [6.45, 7) is 2.26. The number of benzene rings is 1. The Morgan fingerprint density at radius 1 is 1.45 bits per heavy atom. The van der Waals surface area contributed by atoms with E-state index in [2.05, 4.69) is 10.6 Å². The molecule has 6 heteroatoms. The van der Waals surface area contributed by atoms with Crippen LogP contribution in [0.4, 0.5) is 10.1 Å². The Balaban J connectivity index is 1.72. The lowest BCUT2D eigenvalue weighted by atomic mass is 10.1. The molecule has 2 N–H and O–H groups in total. The molecule has 0 saturated carbocycles. The first-order valence-electron chi connectivity index (χ1n) is 6.72. The highest BCUT2D eigenvalue weighted by atomic mass is 35.5. The number of amides is 1. The van der Waals surface area contributed by atoms with Crippen LogP contribution in [0.5, 0.6) is 0 Å². The lowest BCUT2D eigenvalue weighted by molar-refractivity contribution is -0.117. The van der Waals surface area contributed by atoms with Crippen molar-refractivity contribution in [2.45, 2.75) is 25.4 Å². The van der Waals surface area contributed by atoms with Crippen molar-refractivity contribution >= 4 is 23.2 Å². The van der Waals surface area contributed by atoms with Crippen LogP contribution in [0.25, 0.3) is 0 Å². The molecule has 1 aliphatic heterocycles. The van der Waals surface area contributed by atoms with Crippen LogP contribution in [-0.4, -0.2) is 31.7 Å². The van der Waals surface area contributed by atoms with Crippen LogP contribution in [0.3, 0.4) is 0 Å². The molecule has 1 aromatic carbocycles. The van der Waals surface area contributed by atoms with E-state index in [-0.39, 0.29) is 24.1 Å². The number of nitrogens with one attached hydrogen (secondary N) is 2. The van der Waals surface area contributed by atoms with Gasteiger partial charge in [-0.25, -0.2) is 4.39 Å². The second-order valence-corrected chi connectivity index (χ2v) is 5.18. The van der Waals surface area contributed by atoms with Gasteiger partial charge in [0.15, 0.2) is 0 Å². The van der Waals surface area contributed by atoms with E-state index in [1.165, 1.54) is 18.2 Å². The van der Waals surface area contributed by atoms with E-state index >= 15 is 0 Å². The van der Waals surface area contributed by atoms with Crippen LogP contribution in [-0.2, 0) is 9.53 Å². The van der Waals surface area contributed by atoms with Crippen molar-refractivity contribution in [1.82, 2.24) is 5.32 Å². The quantitative estimate of drug-likeness (QED) is 0.879. The molecule has 0 aromatic heterocycles. The van der Waals surface area contributed by atoms with Gasteiger partial charge in [-0.15, -0.1) is 0 Å². The van der Waals surface area contributed by atoms with Gasteiger partial charge in [0.05, 0.1) is 24.8 Å². The maximum Gasteiger partial charge on any atom is 0.226 e. The molecule has 1 saturated heterocycles. The van der Waals surface area contributed by atoms with Gasteiger partial charge in [0, 0.05) is 5.02 Å². The van der Waals surface area contributed by atoms with E-state index in [0.29, 0.717) is 11.6 Å². The highest BCUT2D eigenvalue weighted by Crippen LogP contribution is 2.19. The number of carbonyl (C=O) groups excluding carboxylic acids is 1. The number of hydrogen-bond acceptors (Lipinski definition) is 3. The average Bonchev–Trinajstić information content (AvgIpc) is 2.43. The fraction of sp³-hybridized carbons (Fsp3) is 0.500. The molecule has 0 bridgehead atoms. The van der Waals surface area contributed by atoms with Gasteiger partial charge in [0.1, 0.15) is 5.82 Å². The number of carbonyl (C=O) groups is 1. The van der Waals surface area contributed by atoms with E-state index < -0.39 is 5.82 Å². The summed E-state index contributed by atoms with van der Waals surface area (Å²) >= 11 is 5.65. The Morgan fingerprint density at radius 3 is 2.90 bits per heavy atom.